The molecule has 0 saturated carbocycles. The number of nitrogens with zero attached hydrogens (tertiary/aromatic N) is 3. The predicted molar refractivity (Wildman–Crippen MR) is 138 cm³/mol. The lowest BCUT2D eigenvalue weighted by molar-refractivity contribution is -0.147. The van der Waals surface area contributed by atoms with Crippen LogP contribution in [0.4, 0.5) is 0 Å². The van der Waals surface area contributed by atoms with E-state index in [1.165, 1.54) is 18.0 Å². The number of hydrogen-bond acceptors (Lipinski definition) is 7. The first-order valence-electron chi connectivity index (χ1n) is 11.0. The lowest BCUT2D eigenvalue weighted by Gasteiger charge is -2.14. The second-order valence-electron chi connectivity index (χ2n) is 7.93. The number of aromatic nitrogens is 2. The minimum atomic E-state index is -0.862. The maximum atomic E-state index is 13.5. The van der Waals surface area contributed by atoms with Gasteiger partial charge in [-0.25, -0.2) is 9.78 Å². The van der Waals surface area contributed by atoms with Crippen LogP contribution in [0, 0.1) is 0 Å². The number of halogens is 1. The quantitative estimate of drug-likeness (QED) is 0.232. The highest BCUT2D eigenvalue weighted by Gasteiger charge is 2.18. The van der Waals surface area contributed by atoms with E-state index in [2.05, 4.69) is 10.1 Å². The third-order valence-electron chi connectivity index (χ3n) is 5.52. The van der Waals surface area contributed by atoms with Crippen molar-refractivity contribution in [1.29, 1.82) is 0 Å². The Morgan fingerprint density at radius 2 is 1.89 bits per heavy atom. The number of carbonyl (C=O) groups excluding carboxylic acids is 1. The second-order valence-corrected chi connectivity index (χ2v) is 8.36. The molecule has 0 aliphatic carbocycles. The van der Waals surface area contributed by atoms with Crippen LogP contribution < -0.4 is 10.3 Å². The van der Waals surface area contributed by atoms with Gasteiger partial charge in [-0.2, -0.15) is 9.78 Å². The average molecular weight is 502 g/mol. The zero-order chi connectivity index (χ0) is 25.2. The van der Waals surface area contributed by atoms with Crippen molar-refractivity contribution in [2.75, 3.05) is 7.11 Å². The van der Waals surface area contributed by atoms with Crippen molar-refractivity contribution in [2.24, 2.45) is 5.10 Å². The number of hydrogen-bond donors (Lipinski definition) is 0. The number of rotatable bonds is 6. The molecule has 0 amide bonds. The number of para-hydroxylation sites is 2. The van der Waals surface area contributed by atoms with Crippen LogP contribution >= 0.6 is 11.6 Å². The normalized spacial score (nSPS) is 12.3. The fourth-order valence-electron chi connectivity index (χ4n) is 3.73. The number of methoxy groups -OCH3 is 1. The lowest BCUT2D eigenvalue weighted by atomic mass is 10.2. The fraction of sp³-hybridized carbons (Fsp3) is 0.111. The molecule has 0 aliphatic rings. The average Bonchev–Trinajstić information content (AvgIpc) is 3.33. The van der Waals surface area contributed by atoms with E-state index in [0.29, 0.717) is 38.6 Å². The van der Waals surface area contributed by atoms with Crippen molar-refractivity contribution in [3.05, 3.63) is 93.7 Å². The van der Waals surface area contributed by atoms with Crippen molar-refractivity contribution < 1.29 is 18.7 Å². The highest BCUT2D eigenvalue weighted by atomic mass is 35.5. The van der Waals surface area contributed by atoms with Gasteiger partial charge in [0.25, 0.3) is 5.56 Å². The summed E-state index contributed by atoms with van der Waals surface area (Å²) in [6.45, 7) is 1.57. The van der Waals surface area contributed by atoms with E-state index in [4.69, 9.17) is 25.5 Å². The molecule has 0 saturated heterocycles. The monoisotopic (exact) mass is 501 g/mol. The van der Waals surface area contributed by atoms with Crippen LogP contribution in [-0.4, -0.2) is 35.1 Å². The highest BCUT2D eigenvalue weighted by Crippen LogP contribution is 2.27. The van der Waals surface area contributed by atoms with Crippen LogP contribution in [0.5, 0.6) is 5.75 Å². The maximum Gasteiger partial charge on any atom is 0.346 e. The Kier molecular flexibility index (Phi) is 6.26. The van der Waals surface area contributed by atoms with Crippen LogP contribution in [0.25, 0.3) is 33.5 Å². The number of carbonyl (C=O) groups is 1. The van der Waals surface area contributed by atoms with Crippen molar-refractivity contribution in [3.8, 4) is 17.3 Å². The minimum Gasteiger partial charge on any atom is -0.478 e. The summed E-state index contributed by atoms with van der Waals surface area (Å²) in [4.78, 5) is 30.0. The van der Waals surface area contributed by atoms with Crippen LogP contribution in [-0.2, 0) is 9.53 Å². The van der Waals surface area contributed by atoms with Crippen LogP contribution in [0.1, 0.15) is 12.5 Å². The molecule has 8 nitrogen and oxygen atoms in total. The predicted octanol–water partition coefficient (Wildman–Crippen LogP) is 5.29. The molecule has 180 valence electrons. The Bertz CT molecular complexity index is 1660. The van der Waals surface area contributed by atoms with Crippen molar-refractivity contribution >= 4 is 45.7 Å². The third-order valence-corrected chi connectivity index (χ3v) is 5.76. The molecule has 0 N–H and O–H groups in total. The molecule has 36 heavy (non-hydrogen) atoms. The zero-order valence-electron chi connectivity index (χ0n) is 19.3. The number of fused-ring (bicyclic) bond motifs is 2. The van der Waals surface area contributed by atoms with Crippen molar-refractivity contribution in [3.63, 3.8) is 0 Å². The van der Waals surface area contributed by atoms with Gasteiger partial charge in [-0.15, -0.1) is 0 Å². The Labute approximate surface area is 210 Å². The fourth-order valence-corrected chi connectivity index (χ4v) is 3.91. The molecule has 0 aliphatic heterocycles. The van der Waals surface area contributed by atoms with Gasteiger partial charge in [-0.1, -0.05) is 41.9 Å². The topological polar surface area (TPSA) is 95.9 Å². The minimum absolute atomic E-state index is 0.235. The second kappa shape index (κ2) is 9.67. The molecular weight excluding hydrogens is 482 g/mol. The Balaban J connectivity index is 1.65. The maximum absolute atomic E-state index is 13.5. The Morgan fingerprint density at radius 1 is 1.11 bits per heavy atom. The standard InChI is InChI=1S/C27H20ClN3O5/c1-16(27(33)34-2)35-23-12-11-19(28)13-18(23)15-29-31-25(24-14-17-7-3-6-10-22(17)36-24)30-21-9-5-4-8-20(21)26(31)32/h3-16H,1-2H3/t16-/m0/s1. The van der Waals surface area contributed by atoms with Crippen LogP contribution in [0.15, 0.2) is 87.1 Å². The molecule has 1 atom stereocenters. The number of esters is 1. The van der Waals surface area contributed by atoms with E-state index in [1.807, 2.05) is 36.4 Å². The molecule has 3 aromatic carbocycles. The van der Waals surface area contributed by atoms with E-state index in [9.17, 15) is 9.59 Å². The summed E-state index contributed by atoms with van der Waals surface area (Å²) in [6, 6.07) is 21.2. The van der Waals surface area contributed by atoms with E-state index in [1.54, 1.807) is 43.3 Å². The summed E-state index contributed by atoms with van der Waals surface area (Å²) >= 11 is 6.20. The molecular formula is C27H20ClN3O5. The summed E-state index contributed by atoms with van der Waals surface area (Å²) in [7, 11) is 1.28. The summed E-state index contributed by atoms with van der Waals surface area (Å²) in [5.74, 6) is 0.430. The van der Waals surface area contributed by atoms with Gasteiger partial charge in [0.15, 0.2) is 11.9 Å². The summed E-state index contributed by atoms with van der Waals surface area (Å²) in [5.41, 5.74) is 1.25. The molecule has 0 radical (unpaired) electrons. The third kappa shape index (κ3) is 4.46. The van der Waals surface area contributed by atoms with Gasteiger partial charge in [0.1, 0.15) is 11.3 Å². The van der Waals surface area contributed by atoms with Gasteiger partial charge in [0.2, 0.25) is 5.82 Å². The Hall–Kier alpha value is -4.43. The van der Waals surface area contributed by atoms with E-state index in [-0.39, 0.29) is 11.4 Å². The van der Waals surface area contributed by atoms with Gasteiger partial charge >= 0.3 is 5.97 Å². The van der Waals surface area contributed by atoms with E-state index >= 15 is 0 Å². The summed E-state index contributed by atoms with van der Waals surface area (Å²) in [5, 5.41) is 6.14. The molecule has 2 aromatic heterocycles. The molecule has 0 bridgehead atoms. The van der Waals surface area contributed by atoms with Crippen molar-refractivity contribution in [2.45, 2.75) is 13.0 Å². The van der Waals surface area contributed by atoms with Gasteiger partial charge in [0.05, 0.1) is 24.2 Å². The van der Waals surface area contributed by atoms with Gasteiger partial charge in [0, 0.05) is 16.0 Å². The van der Waals surface area contributed by atoms with Crippen molar-refractivity contribution in [1.82, 2.24) is 9.66 Å². The van der Waals surface area contributed by atoms with Crippen LogP contribution in [0.2, 0.25) is 5.02 Å². The van der Waals surface area contributed by atoms with Gasteiger partial charge in [-0.05, 0) is 49.4 Å². The smallest absolute Gasteiger partial charge is 0.346 e. The largest absolute Gasteiger partial charge is 0.478 e. The number of furan rings is 1. The van der Waals surface area contributed by atoms with E-state index < -0.39 is 12.1 Å². The first kappa shape index (κ1) is 23.3. The molecule has 0 unspecified atom stereocenters. The van der Waals surface area contributed by atoms with Crippen LogP contribution in [0.3, 0.4) is 0 Å². The zero-order valence-corrected chi connectivity index (χ0v) is 20.1. The van der Waals surface area contributed by atoms with Gasteiger partial charge < -0.3 is 13.9 Å². The summed E-state index contributed by atoms with van der Waals surface area (Å²) < 4.78 is 17.7. The van der Waals surface area contributed by atoms with E-state index in [0.717, 1.165) is 5.39 Å². The lowest BCUT2D eigenvalue weighted by Crippen LogP contribution is -2.25. The molecule has 2 heterocycles. The molecule has 5 aromatic rings. The molecule has 5 rings (SSSR count). The SMILES string of the molecule is COC(=O)[C@H](C)Oc1ccc(Cl)cc1C=Nn1c(-c2cc3ccccc3o2)nc2ccccc2c1=O. The van der Waals surface area contributed by atoms with Gasteiger partial charge in [-0.3, -0.25) is 4.79 Å². The molecule has 0 fully saturated rings. The highest BCUT2D eigenvalue weighted by molar-refractivity contribution is 6.30. The Morgan fingerprint density at radius 3 is 2.69 bits per heavy atom. The first-order valence-corrected chi connectivity index (χ1v) is 11.4. The number of ether oxygens (including phenoxy) is 2. The molecule has 9 heteroatoms. The summed E-state index contributed by atoms with van der Waals surface area (Å²) in [6.07, 6.45) is 0.564. The number of benzene rings is 3. The first-order chi connectivity index (χ1) is 17.4. The molecule has 0 spiro atoms.